The molecular formula is C22H26ClFN4. The van der Waals surface area contributed by atoms with E-state index in [1.165, 1.54) is 6.07 Å². The molecule has 0 spiro atoms. The van der Waals surface area contributed by atoms with E-state index in [-0.39, 0.29) is 5.82 Å². The van der Waals surface area contributed by atoms with E-state index in [9.17, 15) is 4.39 Å². The van der Waals surface area contributed by atoms with Crippen LogP contribution in [0.15, 0.2) is 42.5 Å². The molecular weight excluding hydrogens is 375 g/mol. The zero-order chi connectivity index (χ0) is 19.5. The first-order valence-corrected chi connectivity index (χ1v) is 10.3. The molecule has 1 aliphatic rings. The third-order valence-electron chi connectivity index (χ3n) is 5.58. The van der Waals surface area contributed by atoms with Crippen molar-refractivity contribution in [1.82, 2.24) is 19.4 Å². The zero-order valence-electron chi connectivity index (χ0n) is 16.2. The molecule has 2 aromatic carbocycles. The second-order valence-corrected chi connectivity index (χ2v) is 7.96. The molecule has 0 aliphatic carbocycles. The summed E-state index contributed by atoms with van der Waals surface area (Å²) in [5.74, 6) is 0.725. The molecule has 1 aliphatic heterocycles. The lowest BCUT2D eigenvalue weighted by molar-refractivity contribution is 0.152. The van der Waals surface area contributed by atoms with Gasteiger partial charge in [0, 0.05) is 43.2 Å². The van der Waals surface area contributed by atoms with Crippen molar-refractivity contribution in [2.75, 3.05) is 39.8 Å². The zero-order valence-corrected chi connectivity index (χ0v) is 17.0. The fraction of sp³-hybridized carbons (Fsp3) is 0.409. The molecule has 0 bridgehead atoms. The summed E-state index contributed by atoms with van der Waals surface area (Å²) in [6.07, 6.45) is 1.91. The van der Waals surface area contributed by atoms with Crippen LogP contribution in [0, 0.1) is 5.82 Å². The van der Waals surface area contributed by atoms with Crippen molar-refractivity contribution in [3.8, 4) is 0 Å². The van der Waals surface area contributed by atoms with Gasteiger partial charge in [-0.1, -0.05) is 29.8 Å². The van der Waals surface area contributed by atoms with Crippen LogP contribution in [0.1, 0.15) is 17.8 Å². The van der Waals surface area contributed by atoms with Crippen molar-refractivity contribution >= 4 is 22.6 Å². The van der Waals surface area contributed by atoms with Crippen LogP contribution in [0.5, 0.6) is 0 Å². The summed E-state index contributed by atoms with van der Waals surface area (Å²) in [6, 6.07) is 12.9. The number of benzene rings is 2. The number of halogens is 2. The molecule has 1 fully saturated rings. The molecule has 0 unspecified atom stereocenters. The largest absolute Gasteiger partial charge is 0.323 e. The Balaban J connectivity index is 1.53. The van der Waals surface area contributed by atoms with E-state index in [2.05, 4.69) is 21.4 Å². The van der Waals surface area contributed by atoms with Crippen LogP contribution in [-0.2, 0) is 13.0 Å². The van der Waals surface area contributed by atoms with Crippen LogP contribution >= 0.6 is 11.6 Å². The van der Waals surface area contributed by atoms with Crippen molar-refractivity contribution < 1.29 is 4.39 Å². The van der Waals surface area contributed by atoms with Crippen LogP contribution < -0.4 is 0 Å². The maximum absolute atomic E-state index is 14.4. The smallest absolute Gasteiger partial charge is 0.129 e. The van der Waals surface area contributed by atoms with E-state index in [0.29, 0.717) is 17.1 Å². The molecule has 0 amide bonds. The van der Waals surface area contributed by atoms with Crippen LogP contribution in [0.4, 0.5) is 4.39 Å². The van der Waals surface area contributed by atoms with Gasteiger partial charge in [0.1, 0.15) is 11.6 Å². The van der Waals surface area contributed by atoms with Crippen molar-refractivity contribution in [1.29, 1.82) is 0 Å². The highest BCUT2D eigenvalue weighted by atomic mass is 35.5. The minimum Gasteiger partial charge on any atom is -0.323 e. The van der Waals surface area contributed by atoms with Gasteiger partial charge in [0.2, 0.25) is 0 Å². The van der Waals surface area contributed by atoms with Crippen molar-refractivity contribution in [3.05, 3.63) is 64.7 Å². The highest BCUT2D eigenvalue weighted by molar-refractivity contribution is 6.31. The third kappa shape index (κ3) is 4.22. The van der Waals surface area contributed by atoms with Gasteiger partial charge in [-0.15, -0.1) is 0 Å². The number of rotatable bonds is 6. The van der Waals surface area contributed by atoms with Gasteiger partial charge in [0.25, 0.3) is 0 Å². The predicted octanol–water partition coefficient (Wildman–Crippen LogP) is 4.06. The summed E-state index contributed by atoms with van der Waals surface area (Å²) >= 11 is 6.28. The van der Waals surface area contributed by atoms with Gasteiger partial charge in [0.05, 0.1) is 17.6 Å². The Labute approximate surface area is 170 Å². The van der Waals surface area contributed by atoms with Crippen LogP contribution in [0.3, 0.4) is 0 Å². The topological polar surface area (TPSA) is 24.3 Å². The highest BCUT2D eigenvalue weighted by Gasteiger charge is 2.16. The van der Waals surface area contributed by atoms with Gasteiger partial charge in [-0.05, 0) is 44.3 Å². The van der Waals surface area contributed by atoms with E-state index in [0.717, 1.165) is 62.4 Å². The number of piperazine rings is 1. The molecule has 3 aromatic rings. The van der Waals surface area contributed by atoms with Crippen LogP contribution in [0.25, 0.3) is 11.0 Å². The summed E-state index contributed by atoms with van der Waals surface area (Å²) in [5, 5.41) is 0.459. The number of aromatic nitrogens is 2. The fourth-order valence-electron chi connectivity index (χ4n) is 3.87. The lowest BCUT2D eigenvalue weighted by atomic mass is 10.2. The molecule has 28 heavy (non-hydrogen) atoms. The summed E-state index contributed by atoms with van der Waals surface area (Å²) in [6.45, 7) is 5.97. The number of imidazole rings is 1. The Morgan fingerprint density at radius 3 is 2.61 bits per heavy atom. The van der Waals surface area contributed by atoms with E-state index < -0.39 is 0 Å². The highest BCUT2D eigenvalue weighted by Crippen LogP contribution is 2.24. The Kier molecular flexibility index (Phi) is 5.95. The molecule has 4 rings (SSSR count). The summed E-state index contributed by atoms with van der Waals surface area (Å²) in [7, 11) is 2.17. The first kappa shape index (κ1) is 19.4. The number of hydrogen-bond donors (Lipinski definition) is 0. The molecule has 0 radical (unpaired) electrons. The minimum absolute atomic E-state index is 0.270. The number of aryl methyl sites for hydroxylation is 1. The van der Waals surface area contributed by atoms with Crippen molar-refractivity contribution in [2.45, 2.75) is 19.4 Å². The van der Waals surface area contributed by atoms with Crippen LogP contribution in [-0.4, -0.2) is 59.1 Å². The number of nitrogens with zero attached hydrogens (tertiary/aromatic N) is 4. The fourth-order valence-corrected chi connectivity index (χ4v) is 4.09. The Bertz CT molecular complexity index is 927. The monoisotopic (exact) mass is 400 g/mol. The number of fused-ring (bicyclic) bond motifs is 1. The van der Waals surface area contributed by atoms with E-state index in [4.69, 9.17) is 16.6 Å². The van der Waals surface area contributed by atoms with Gasteiger partial charge < -0.3 is 14.4 Å². The summed E-state index contributed by atoms with van der Waals surface area (Å²) in [5.41, 5.74) is 2.49. The standard InChI is InChI=1S/C22H26ClFN4/c1-26-12-14-27(15-13-26)11-5-10-22-25-20-8-2-3-9-21(20)28(22)16-17-18(23)6-4-7-19(17)24/h2-4,6-9H,5,10-16H2,1H3. The van der Waals surface area contributed by atoms with Crippen LogP contribution in [0.2, 0.25) is 5.02 Å². The van der Waals surface area contributed by atoms with Gasteiger partial charge in [-0.25, -0.2) is 9.37 Å². The first-order valence-electron chi connectivity index (χ1n) is 9.90. The minimum atomic E-state index is -0.270. The summed E-state index contributed by atoms with van der Waals surface area (Å²) in [4.78, 5) is 9.72. The van der Waals surface area contributed by atoms with E-state index in [1.54, 1.807) is 12.1 Å². The summed E-state index contributed by atoms with van der Waals surface area (Å²) < 4.78 is 16.5. The van der Waals surface area contributed by atoms with E-state index in [1.807, 2.05) is 24.3 Å². The molecule has 4 nitrogen and oxygen atoms in total. The average molecular weight is 401 g/mol. The Morgan fingerprint density at radius 2 is 1.82 bits per heavy atom. The number of hydrogen-bond acceptors (Lipinski definition) is 3. The van der Waals surface area contributed by atoms with Crippen molar-refractivity contribution in [2.24, 2.45) is 0 Å². The predicted molar refractivity (Wildman–Crippen MR) is 113 cm³/mol. The Morgan fingerprint density at radius 1 is 1.04 bits per heavy atom. The molecule has 2 heterocycles. The number of para-hydroxylation sites is 2. The molecule has 1 saturated heterocycles. The SMILES string of the molecule is CN1CCN(CCCc2nc3ccccc3n2Cc2c(F)cccc2Cl)CC1. The lowest BCUT2D eigenvalue weighted by Gasteiger charge is -2.32. The second-order valence-electron chi connectivity index (χ2n) is 7.55. The lowest BCUT2D eigenvalue weighted by Crippen LogP contribution is -2.44. The van der Waals surface area contributed by atoms with Gasteiger partial charge in [-0.3, -0.25) is 0 Å². The number of likely N-dealkylation sites (N-methyl/N-ethyl adjacent to an activating group) is 1. The molecule has 1 aromatic heterocycles. The average Bonchev–Trinajstić information content (AvgIpc) is 3.04. The van der Waals surface area contributed by atoms with Gasteiger partial charge >= 0.3 is 0 Å². The third-order valence-corrected chi connectivity index (χ3v) is 5.94. The molecule has 0 saturated carbocycles. The quantitative estimate of drug-likeness (QED) is 0.623. The first-order chi connectivity index (χ1) is 13.6. The molecule has 0 atom stereocenters. The van der Waals surface area contributed by atoms with E-state index >= 15 is 0 Å². The van der Waals surface area contributed by atoms with Gasteiger partial charge in [-0.2, -0.15) is 0 Å². The second kappa shape index (κ2) is 8.60. The maximum Gasteiger partial charge on any atom is 0.129 e. The van der Waals surface area contributed by atoms with Gasteiger partial charge in [0.15, 0.2) is 0 Å². The van der Waals surface area contributed by atoms with Crippen molar-refractivity contribution in [3.63, 3.8) is 0 Å². The normalized spacial score (nSPS) is 16.1. The maximum atomic E-state index is 14.4. The molecule has 148 valence electrons. The molecule has 0 N–H and O–H groups in total. The Hall–Kier alpha value is -1.95. The molecule has 6 heteroatoms.